The van der Waals surface area contributed by atoms with E-state index in [1.165, 1.54) is 0 Å². The fourth-order valence-electron chi connectivity index (χ4n) is 3.23. The molecule has 1 aromatic carbocycles. The molecule has 1 aromatic rings. The lowest BCUT2D eigenvalue weighted by Crippen LogP contribution is -2.43. The molecule has 5 nitrogen and oxygen atoms in total. The molecule has 21 heavy (non-hydrogen) atoms. The van der Waals surface area contributed by atoms with Crippen molar-refractivity contribution in [2.24, 2.45) is 5.41 Å². The number of rotatable bonds is 2. The van der Waals surface area contributed by atoms with E-state index >= 15 is 0 Å². The molecule has 1 spiro atoms. The maximum absolute atomic E-state index is 12.7. The molecule has 2 heterocycles. The Morgan fingerprint density at radius 3 is 2.52 bits per heavy atom. The van der Waals surface area contributed by atoms with E-state index < -0.39 is 10.0 Å². The minimum absolute atomic E-state index is 0.0320. The van der Waals surface area contributed by atoms with Crippen molar-refractivity contribution in [2.45, 2.75) is 31.1 Å². The zero-order valence-corrected chi connectivity index (χ0v) is 12.9. The highest BCUT2D eigenvalue weighted by Gasteiger charge is 2.43. The SMILES string of the molecule is Cc1cccc(S(=O)(=O)N2CCC3(CC2)CNC(=O)C3)c1. The van der Waals surface area contributed by atoms with Crippen LogP contribution >= 0.6 is 0 Å². The first-order valence-corrected chi connectivity index (χ1v) is 8.69. The van der Waals surface area contributed by atoms with E-state index in [1.54, 1.807) is 22.5 Å². The summed E-state index contributed by atoms with van der Waals surface area (Å²) in [5.41, 5.74) is 0.908. The van der Waals surface area contributed by atoms with Crippen molar-refractivity contribution in [3.63, 3.8) is 0 Å². The Morgan fingerprint density at radius 1 is 1.24 bits per heavy atom. The van der Waals surface area contributed by atoms with Crippen LogP contribution in [0.1, 0.15) is 24.8 Å². The first kappa shape index (κ1) is 14.5. The highest BCUT2D eigenvalue weighted by atomic mass is 32.2. The molecule has 0 bridgehead atoms. The second kappa shape index (κ2) is 5.10. The van der Waals surface area contributed by atoms with Crippen LogP contribution in [0.5, 0.6) is 0 Å². The van der Waals surface area contributed by atoms with Crippen LogP contribution in [0.2, 0.25) is 0 Å². The molecule has 0 radical (unpaired) electrons. The van der Waals surface area contributed by atoms with Gasteiger partial charge in [-0.25, -0.2) is 8.42 Å². The Morgan fingerprint density at radius 2 is 1.95 bits per heavy atom. The van der Waals surface area contributed by atoms with Crippen molar-refractivity contribution < 1.29 is 13.2 Å². The largest absolute Gasteiger partial charge is 0.356 e. The number of sulfonamides is 1. The third-order valence-corrected chi connectivity index (χ3v) is 6.50. The highest BCUT2D eigenvalue weighted by molar-refractivity contribution is 7.89. The Bertz CT molecular complexity index is 661. The van der Waals surface area contributed by atoms with Crippen LogP contribution in [0.4, 0.5) is 0 Å². The number of hydrogen-bond acceptors (Lipinski definition) is 3. The summed E-state index contributed by atoms with van der Waals surface area (Å²) in [5.74, 6) is 0.0880. The summed E-state index contributed by atoms with van der Waals surface area (Å²) in [6, 6.07) is 7.01. The number of piperidine rings is 1. The second-order valence-electron chi connectivity index (χ2n) is 6.17. The zero-order chi connectivity index (χ0) is 15.1. The predicted molar refractivity (Wildman–Crippen MR) is 79.2 cm³/mol. The quantitative estimate of drug-likeness (QED) is 0.895. The molecule has 0 saturated carbocycles. The topological polar surface area (TPSA) is 66.5 Å². The molecule has 0 atom stereocenters. The van der Waals surface area contributed by atoms with Gasteiger partial charge >= 0.3 is 0 Å². The Hall–Kier alpha value is -1.40. The lowest BCUT2D eigenvalue weighted by Gasteiger charge is -2.37. The third-order valence-electron chi connectivity index (χ3n) is 4.61. The summed E-state index contributed by atoms with van der Waals surface area (Å²) in [4.78, 5) is 11.8. The number of nitrogens with one attached hydrogen (secondary N) is 1. The number of aryl methyl sites for hydroxylation is 1. The van der Waals surface area contributed by atoms with Crippen molar-refractivity contribution in [2.75, 3.05) is 19.6 Å². The minimum Gasteiger partial charge on any atom is -0.356 e. The van der Waals surface area contributed by atoms with Gasteiger partial charge in [-0.2, -0.15) is 4.31 Å². The van der Waals surface area contributed by atoms with Gasteiger partial charge in [-0.1, -0.05) is 12.1 Å². The van der Waals surface area contributed by atoms with Gasteiger partial charge in [0.2, 0.25) is 15.9 Å². The number of nitrogens with zero attached hydrogens (tertiary/aromatic N) is 1. The molecular formula is C15H20N2O3S. The molecule has 114 valence electrons. The van der Waals surface area contributed by atoms with E-state index in [4.69, 9.17) is 0 Å². The molecule has 3 rings (SSSR count). The molecule has 0 aliphatic carbocycles. The van der Waals surface area contributed by atoms with E-state index in [2.05, 4.69) is 5.32 Å². The number of carbonyl (C=O) groups excluding carboxylic acids is 1. The van der Waals surface area contributed by atoms with Gasteiger partial charge in [-0.3, -0.25) is 4.79 Å². The number of benzene rings is 1. The molecule has 1 amide bonds. The van der Waals surface area contributed by atoms with Crippen LogP contribution in [0.3, 0.4) is 0 Å². The lowest BCUT2D eigenvalue weighted by atomic mass is 9.78. The fourth-order valence-corrected chi connectivity index (χ4v) is 4.78. The van der Waals surface area contributed by atoms with Crippen LogP contribution in [0.15, 0.2) is 29.2 Å². The summed E-state index contributed by atoms with van der Waals surface area (Å²) in [6.07, 6.45) is 2.03. The summed E-state index contributed by atoms with van der Waals surface area (Å²) in [5, 5.41) is 2.87. The smallest absolute Gasteiger partial charge is 0.243 e. The van der Waals surface area contributed by atoms with Crippen molar-refractivity contribution >= 4 is 15.9 Å². The Labute approximate surface area is 125 Å². The molecule has 1 N–H and O–H groups in total. The number of carbonyl (C=O) groups is 1. The summed E-state index contributed by atoms with van der Waals surface area (Å²) in [6.45, 7) is 3.56. The monoisotopic (exact) mass is 308 g/mol. The van der Waals surface area contributed by atoms with E-state index in [0.717, 1.165) is 18.4 Å². The van der Waals surface area contributed by atoms with Crippen molar-refractivity contribution in [1.29, 1.82) is 0 Å². The van der Waals surface area contributed by atoms with Gasteiger partial charge in [0.05, 0.1) is 4.90 Å². The lowest BCUT2D eigenvalue weighted by molar-refractivity contribution is -0.119. The molecule has 0 aromatic heterocycles. The average Bonchev–Trinajstić information content (AvgIpc) is 2.80. The van der Waals surface area contributed by atoms with Gasteiger partial charge in [0.15, 0.2) is 0 Å². The summed E-state index contributed by atoms with van der Waals surface area (Å²) >= 11 is 0. The molecule has 6 heteroatoms. The van der Waals surface area contributed by atoms with Gasteiger partial charge in [0.25, 0.3) is 0 Å². The van der Waals surface area contributed by atoms with Gasteiger partial charge in [-0.15, -0.1) is 0 Å². The van der Waals surface area contributed by atoms with Gasteiger partial charge in [0, 0.05) is 26.1 Å². The summed E-state index contributed by atoms with van der Waals surface area (Å²) in [7, 11) is -3.42. The van der Waals surface area contributed by atoms with Gasteiger partial charge in [-0.05, 0) is 42.9 Å². The van der Waals surface area contributed by atoms with Crippen LogP contribution in [0, 0.1) is 12.3 Å². The van der Waals surface area contributed by atoms with Crippen LogP contribution < -0.4 is 5.32 Å². The van der Waals surface area contributed by atoms with Gasteiger partial charge < -0.3 is 5.32 Å². The average molecular weight is 308 g/mol. The van der Waals surface area contributed by atoms with E-state index in [1.807, 2.05) is 13.0 Å². The van der Waals surface area contributed by atoms with Crippen LogP contribution in [-0.4, -0.2) is 38.3 Å². The molecular weight excluding hydrogens is 288 g/mol. The maximum atomic E-state index is 12.7. The molecule has 0 unspecified atom stereocenters. The van der Waals surface area contributed by atoms with Gasteiger partial charge in [0.1, 0.15) is 0 Å². The van der Waals surface area contributed by atoms with E-state index in [-0.39, 0.29) is 11.3 Å². The standard InChI is InChI=1S/C15H20N2O3S/c1-12-3-2-4-13(9-12)21(19,20)17-7-5-15(6-8-17)10-14(18)16-11-15/h2-4,9H,5-8,10-11H2,1H3,(H,16,18). The minimum atomic E-state index is -3.42. The Kier molecular flexibility index (Phi) is 3.53. The second-order valence-corrected chi connectivity index (χ2v) is 8.11. The maximum Gasteiger partial charge on any atom is 0.243 e. The van der Waals surface area contributed by atoms with Crippen molar-refractivity contribution in [1.82, 2.24) is 9.62 Å². The molecule has 2 fully saturated rings. The summed E-state index contributed by atoms with van der Waals surface area (Å²) < 4.78 is 26.9. The number of hydrogen-bond donors (Lipinski definition) is 1. The van der Waals surface area contributed by atoms with Crippen molar-refractivity contribution in [3.05, 3.63) is 29.8 Å². The highest BCUT2D eigenvalue weighted by Crippen LogP contribution is 2.38. The normalized spacial score (nSPS) is 22.4. The number of amides is 1. The first-order valence-electron chi connectivity index (χ1n) is 7.25. The first-order chi connectivity index (χ1) is 9.91. The Balaban J connectivity index is 1.76. The molecule has 2 aliphatic heterocycles. The van der Waals surface area contributed by atoms with Crippen LogP contribution in [-0.2, 0) is 14.8 Å². The third kappa shape index (κ3) is 2.70. The molecule has 2 saturated heterocycles. The predicted octanol–water partition coefficient (Wildman–Crippen LogP) is 1.29. The van der Waals surface area contributed by atoms with E-state index in [0.29, 0.717) is 31.0 Å². The van der Waals surface area contributed by atoms with Crippen LogP contribution in [0.25, 0.3) is 0 Å². The van der Waals surface area contributed by atoms with E-state index in [9.17, 15) is 13.2 Å². The molecule has 2 aliphatic rings. The zero-order valence-electron chi connectivity index (χ0n) is 12.1. The van der Waals surface area contributed by atoms with Crippen molar-refractivity contribution in [3.8, 4) is 0 Å². The fraction of sp³-hybridized carbons (Fsp3) is 0.533.